The molecule has 0 unspecified atom stereocenters. The second kappa shape index (κ2) is 22.9. The molecule has 0 radical (unpaired) electrons. The van der Waals surface area contributed by atoms with Crippen LogP contribution < -0.4 is 31.1 Å². The van der Waals surface area contributed by atoms with Crippen LogP contribution in [-0.4, -0.2) is 11.3 Å². The Morgan fingerprint density at radius 3 is 1.27 bits per heavy atom. The normalized spacial score (nSPS) is 13.2. The Hall–Kier alpha value is -10.9. The first-order valence-electron chi connectivity index (χ1n) is 35.3. The first kappa shape index (κ1) is 61.7. The van der Waals surface area contributed by atoms with Crippen LogP contribution >= 0.6 is 0 Å². The maximum Gasteiger partial charge on any atom is 0.252 e. The fourth-order valence-electron chi connectivity index (χ4n) is 16.0. The molecular weight excluding hydrogens is 1200 g/mol. The summed E-state index contributed by atoms with van der Waals surface area (Å²) in [5.74, 6) is 0. The fourth-order valence-corrected chi connectivity index (χ4v) is 16.0. The van der Waals surface area contributed by atoms with Gasteiger partial charge in [-0.2, -0.15) is 0 Å². The van der Waals surface area contributed by atoms with Crippen LogP contribution in [0.5, 0.6) is 0 Å². The maximum absolute atomic E-state index is 2.68. The van der Waals surface area contributed by atoms with Crippen molar-refractivity contribution in [1.29, 1.82) is 0 Å². The number of anilines is 9. The van der Waals surface area contributed by atoms with Crippen molar-refractivity contribution in [2.75, 3.05) is 14.7 Å². The van der Waals surface area contributed by atoms with Crippen LogP contribution in [0.15, 0.2) is 285 Å². The molecule has 3 aliphatic heterocycles. The summed E-state index contributed by atoms with van der Waals surface area (Å²) in [6, 6.07) is 109. The average molecular weight is 1280 g/mol. The van der Waals surface area contributed by atoms with Crippen molar-refractivity contribution in [3.05, 3.63) is 307 Å². The first-order valence-corrected chi connectivity index (χ1v) is 35.3. The van der Waals surface area contributed by atoms with Gasteiger partial charge in [0, 0.05) is 67.4 Å². The smallest absolute Gasteiger partial charge is 0.252 e. The highest BCUT2D eigenvalue weighted by Gasteiger charge is 2.47. The molecule has 4 nitrogen and oxygen atoms in total. The summed E-state index contributed by atoms with van der Waals surface area (Å²) in [5.41, 5.74) is 34.2. The lowest BCUT2D eigenvalue weighted by atomic mass is 9.33. The second-order valence-electron chi connectivity index (χ2n) is 31.9. The Kier molecular flexibility index (Phi) is 14.2. The van der Waals surface area contributed by atoms with E-state index in [2.05, 4.69) is 387 Å². The highest BCUT2D eigenvalue weighted by molar-refractivity contribution is 7.00. The largest absolute Gasteiger partial charge is 0.311 e. The summed E-state index contributed by atoms with van der Waals surface area (Å²) in [6.45, 7) is 27.6. The zero-order chi connectivity index (χ0) is 68.0. The minimum atomic E-state index is -0.222. The number of hydrogen-bond acceptors (Lipinski definition) is 3. The quantitative estimate of drug-likeness (QED) is 0.141. The van der Waals surface area contributed by atoms with Gasteiger partial charge in [0.1, 0.15) is 0 Å². The number of aromatic nitrogens is 1. The number of hydrogen-bond donors (Lipinski definition) is 0. The third kappa shape index (κ3) is 10.4. The molecule has 482 valence electrons. The van der Waals surface area contributed by atoms with Crippen molar-refractivity contribution in [2.45, 2.75) is 105 Å². The Labute approximate surface area is 585 Å². The van der Waals surface area contributed by atoms with E-state index in [0.717, 1.165) is 56.7 Å². The molecule has 13 aromatic carbocycles. The highest BCUT2D eigenvalue weighted by atomic mass is 15.2. The highest BCUT2D eigenvalue weighted by Crippen LogP contribution is 2.56. The van der Waals surface area contributed by atoms with E-state index in [1.54, 1.807) is 0 Å². The Morgan fingerprint density at radius 1 is 0.273 bits per heavy atom. The van der Waals surface area contributed by atoms with Gasteiger partial charge in [-0.05, 0) is 208 Å². The monoisotopic (exact) mass is 1280 g/mol. The van der Waals surface area contributed by atoms with E-state index >= 15 is 0 Å². The van der Waals surface area contributed by atoms with E-state index in [-0.39, 0.29) is 28.4 Å². The molecule has 0 fully saturated rings. The predicted molar refractivity (Wildman–Crippen MR) is 425 cm³/mol. The molecule has 0 bridgehead atoms. The van der Waals surface area contributed by atoms with Crippen LogP contribution in [-0.2, 0) is 21.7 Å². The molecule has 5 heteroatoms. The SMILES string of the molecule is CC(C)(C)c1ccc(N(c2ccc(C(C)(C)C)cc2)c2cc3c4c(c2)N2c5ccc(-c6ccccc6)cc5-c5ccccc5-c5cc(-c6ccccc6)cc(c52)B4c2ccc(-n4c5ccc(C(C)(C)C)cc5c5cc(C(C)(C)C)ccc54)cc2N3c2cccc(-c3ccccc3)c2)cc1. The third-order valence-corrected chi connectivity index (χ3v) is 21.3. The van der Waals surface area contributed by atoms with Gasteiger partial charge in [-0.25, -0.2) is 0 Å². The number of rotatable bonds is 8. The lowest BCUT2D eigenvalue weighted by Gasteiger charge is -2.45. The Bertz CT molecular complexity index is 5390. The number of fused-ring (bicyclic) bond motifs is 12. The van der Waals surface area contributed by atoms with Crippen molar-refractivity contribution in [1.82, 2.24) is 4.57 Å². The molecule has 0 spiro atoms. The van der Waals surface area contributed by atoms with E-state index in [0.29, 0.717) is 0 Å². The van der Waals surface area contributed by atoms with Gasteiger partial charge in [-0.15, -0.1) is 0 Å². The van der Waals surface area contributed by atoms with Crippen molar-refractivity contribution < 1.29 is 0 Å². The van der Waals surface area contributed by atoms with Gasteiger partial charge < -0.3 is 19.3 Å². The van der Waals surface area contributed by atoms with Gasteiger partial charge in [0.15, 0.2) is 0 Å². The van der Waals surface area contributed by atoms with Gasteiger partial charge in [0.05, 0.1) is 22.4 Å². The third-order valence-electron chi connectivity index (χ3n) is 21.3. The fraction of sp³-hybridized carbons (Fsp3) is 0.170. The topological polar surface area (TPSA) is 14.7 Å². The summed E-state index contributed by atoms with van der Waals surface area (Å²) >= 11 is 0. The molecule has 14 aromatic rings. The summed E-state index contributed by atoms with van der Waals surface area (Å²) in [7, 11) is 0. The molecule has 0 atom stereocenters. The van der Waals surface area contributed by atoms with E-state index in [9.17, 15) is 0 Å². The van der Waals surface area contributed by atoms with Crippen molar-refractivity contribution in [3.63, 3.8) is 0 Å². The zero-order valence-corrected chi connectivity index (χ0v) is 59.0. The predicted octanol–water partition coefficient (Wildman–Crippen LogP) is 24.2. The molecule has 0 aliphatic carbocycles. The second-order valence-corrected chi connectivity index (χ2v) is 31.9. The molecule has 0 N–H and O–H groups in total. The minimum absolute atomic E-state index is 0.0435. The molecule has 0 saturated carbocycles. The molecule has 1 aromatic heterocycles. The maximum atomic E-state index is 2.68. The van der Waals surface area contributed by atoms with Crippen LogP contribution in [0.4, 0.5) is 51.2 Å². The van der Waals surface area contributed by atoms with Gasteiger partial charge in [-0.1, -0.05) is 265 Å². The molecule has 0 amide bonds. The van der Waals surface area contributed by atoms with Gasteiger partial charge in [-0.3, -0.25) is 0 Å². The van der Waals surface area contributed by atoms with Crippen LogP contribution in [0.25, 0.3) is 83.1 Å². The molecule has 0 saturated heterocycles. The van der Waals surface area contributed by atoms with Gasteiger partial charge in [0.25, 0.3) is 6.71 Å². The Morgan fingerprint density at radius 2 is 0.737 bits per heavy atom. The summed E-state index contributed by atoms with van der Waals surface area (Å²) in [4.78, 5) is 7.83. The van der Waals surface area contributed by atoms with Crippen LogP contribution in [0.1, 0.15) is 105 Å². The van der Waals surface area contributed by atoms with Crippen molar-refractivity contribution in [3.8, 4) is 61.3 Å². The van der Waals surface area contributed by atoms with Gasteiger partial charge in [0.2, 0.25) is 0 Å². The zero-order valence-electron chi connectivity index (χ0n) is 59.0. The van der Waals surface area contributed by atoms with Gasteiger partial charge >= 0.3 is 0 Å². The lowest BCUT2D eigenvalue weighted by Crippen LogP contribution is -2.61. The van der Waals surface area contributed by atoms with E-state index in [1.165, 1.54) is 116 Å². The lowest BCUT2D eigenvalue weighted by molar-refractivity contribution is 0.590. The average Bonchev–Trinajstić information content (AvgIpc) is 1.60. The first-order chi connectivity index (χ1) is 47.6. The van der Waals surface area contributed by atoms with E-state index < -0.39 is 0 Å². The Balaban J connectivity index is 1.03. The number of benzene rings is 13. The molecular formula is C94H83BN4. The summed E-state index contributed by atoms with van der Waals surface area (Å²) in [6.07, 6.45) is 0. The van der Waals surface area contributed by atoms with E-state index in [1.807, 2.05) is 0 Å². The molecule has 17 rings (SSSR count). The number of nitrogens with zero attached hydrogens (tertiary/aromatic N) is 4. The minimum Gasteiger partial charge on any atom is -0.311 e. The molecule has 4 heterocycles. The van der Waals surface area contributed by atoms with Crippen LogP contribution in [0.2, 0.25) is 0 Å². The summed E-state index contributed by atoms with van der Waals surface area (Å²) < 4.78 is 2.55. The molecule has 3 aliphatic rings. The van der Waals surface area contributed by atoms with Crippen molar-refractivity contribution in [2.24, 2.45) is 0 Å². The van der Waals surface area contributed by atoms with Crippen LogP contribution in [0, 0.1) is 0 Å². The standard InChI is InChI=1S/C94H83BN4/c1-91(2,3)66-36-42-70(43-37-66)96(71-44-38-67(39-45-71)92(4,5)6)74-58-87-89-88(59-74)99-85-48-35-64(61-27-18-14-19-28-61)52-77(85)75-33-22-23-34-76(75)80-53-65(62-29-20-15-21-30-62)54-82(90(80)99)95(89)81-47-46-73(57-86(81)98(87)72-32-24-31-63(51-72)60-25-16-13-17-26-60)97-83-49-40-68(93(7,8)9)55-78(83)79-56-69(94(10,11)12)41-50-84(79)97/h13-59H,1-12H3. The van der Waals surface area contributed by atoms with E-state index in [4.69, 9.17) is 0 Å². The molecule has 99 heavy (non-hydrogen) atoms. The van der Waals surface area contributed by atoms with Crippen LogP contribution in [0.3, 0.4) is 0 Å². The van der Waals surface area contributed by atoms with Crippen molar-refractivity contribution >= 4 is 96.1 Å². The summed E-state index contributed by atoms with van der Waals surface area (Å²) in [5, 5.41) is 2.53.